The van der Waals surface area contributed by atoms with Crippen molar-refractivity contribution in [3.05, 3.63) is 24.0 Å². The molecule has 98 valence electrons. The SMILES string of the molecule is CC1(C)CCCN(c2ccnc(C(=O)O)c2)CC1. The van der Waals surface area contributed by atoms with Gasteiger partial charge in [-0.1, -0.05) is 13.8 Å². The Morgan fingerprint density at radius 2 is 2.17 bits per heavy atom. The van der Waals surface area contributed by atoms with Crippen molar-refractivity contribution in [1.29, 1.82) is 0 Å². The topological polar surface area (TPSA) is 53.4 Å². The zero-order valence-corrected chi connectivity index (χ0v) is 11.0. The number of aromatic nitrogens is 1. The first kappa shape index (κ1) is 12.9. The average Bonchev–Trinajstić information content (AvgIpc) is 2.50. The number of nitrogens with zero attached hydrogens (tertiary/aromatic N) is 2. The van der Waals surface area contributed by atoms with Gasteiger partial charge in [0.05, 0.1) is 0 Å². The summed E-state index contributed by atoms with van der Waals surface area (Å²) in [4.78, 5) is 17.1. The van der Waals surface area contributed by atoms with Gasteiger partial charge in [0.2, 0.25) is 0 Å². The zero-order chi connectivity index (χ0) is 13.2. The van der Waals surface area contributed by atoms with Gasteiger partial charge in [0.1, 0.15) is 5.69 Å². The minimum Gasteiger partial charge on any atom is -0.477 e. The molecule has 1 aromatic rings. The first-order chi connectivity index (χ1) is 8.48. The van der Waals surface area contributed by atoms with Crippen molar-refractivity contribution < 1.29 is 9.90 Å². The highest BCUT2D eigenvalue weighted by atomic mass is 16.4. The second-order valence-corrected chi connectivity index (χ2v) is 5.71. The quantitative estimate of drug-likeness (QED) is 0.874. The maximum absolute atomic E-state index is 10.9. The second kappa shape index (κ2) is 4.96. The molecular weight excluding hydrogens is 228 g/mol. The number of rotatable bonds is 2. The molecule has 0 spiro atoms. The van der Waals surface area contributed by atoms with Crippen LogP contribution in [0.2, 0.25) is 0 Å². The molecule has 0 aromatic carbocycles. The molecule has 1 aliphatic heterocycles. The van der Waals surface area contributed by atoms with Crippen molar-refractivity contribution >= 4 is 11.7 Å². The van der Waals surface area contributed by atoms with E-state index in [9.17, 15) is 4.79 Å². The molecule has 0 bridgehead atoms. The fourth-order valence-corrected chi connectivity index (χ4v) is 2.41. The third-order valence-corrected chi connectivity index (χ3v) is 3.67. The molecule has 1 saturated heterocycles. The van der Waals surface area contributed by atoms with Crippen molar-refractivity contribution in [3.63, 3.8) is 0 Å². The van der Waals surface area contributed by atoms with E-state index in [1.54, 1.807) is 12.3 Å². The molecule has 0 amide bonds. The van der Waals surface area contributed by atoms with Gasteiger partial charge in [-0.3, -0.25) is 0 Å². The number of carboxylic acid groups (broad SMARTS) is 1. The molecule has 1 N–H and O–H groups in total. The molecule has 2 heterocycles. The lowest BCUT2D eigenvalue weighted by Crippen LogP contribution is -2.25. The lowest BCUT2D eigenvalue weighted by atomic mass is 9.85. The molecule has 1 fully saturated rings. The molecule has 4 nitrogen and oxygen atoms in total. The minimum absolute atomic E-state index is 0.121. The highest BCUT2D eigenvalue weighted by molar-refractivity contribution is 5.86. The van der Waals surface area contributed by atoms with Crippen LogP contribution in [0.1, 0.15) is 43.6 Å². The molecule has 18 heavy (non-hydrogen) atoms. The summed E-state index contributed by atoms with van der Waals surface area (Å²) in [6.45, 7) is 6.57. The summed E-state index contributed by atoms with van der Waals surface area (Å²) in [5, 5.41) is 8.97. The van der Waals surface area contributed by atoms with E-state index in [0.29, 0.717) is 5.41 Å². The Hall–Kier alpha value is -1.58. The molecule has 0 aliphatic carbocycles. The van der Waals surface area contributed by atoms with E-state index in [4.69, 9.17) is 5.11 Å². The standard InChI is InChI=1S/C14H20N2O2/c1-14(2)5-3-8-16(9-6-14)11-4-7-15-12(10-11)13(17)18/h4,7,10H,3,5-6,8-9H2,1-2H3,(H,17,18). The van der Waals surface area contributed by atoms with E-state index in [1.807, 2.05) is 6.07 Å². The van der Waals surface area contributed by atoms with Crippen LogP contribution in [0, 0.1) is 5.41 Å². The zero-order valence-electron chi connectivity index (χ0n) is 11.0. The maximum Gasteiger partial charge on any atom is 0.354 e. The van der Waals surface area contributed by atoms with E-state index in [2.05, 4.69) is 23.7 Å². The number of carbonyl (C=O) groups is 1. The minimum atomic E-state index is -0.966. The van der Waals surface area contributed by atoms with Gasteiger partial charge in [-0.15, -0.1) is 0 Å². The van der Waals surface area contributed by atoms with Gasteiger partial charge >= 0.3 is 5.97 Å². The van der Waals surface area contributed by atoms with Gasteiger partial charge in [-0.2, -0.15) is 0 Å². The Morgan fingerprint density at radius 3 is 2.89 bits per heavy atom. The molecule has 0 unspecified atom stereocenters. The van der Waals surface area contributed by atoms with Crippen LogP contribution in [-0.2, 0) is 0 Å². The fraction of sp³-hybridized carbons (Fsp3) is 0.571. The molecule has 2 rings (SSSR count). The van der Waals surface area contributed by atoms with Crippen LogP contribution in [0.15, 0.2) is 18.3 Å². The van der Waals surface area contributed by atoms with Gasteiger partial charge in [0, 0.05) is 25.0 Å². The Kier molecular flexibility index (Phi) is 3.55. The molecular formula is C14H20N2O2. The van der Waals surface area contributed by atoms with E-state index < -0.39 is 5.97 Å². The summed E-state index contributed by atoms with van der Waals surface area (Å²) in [6, 6.07) is 3.56. The van der Waals surface area contributed by atoms with Crippen LogP contribution >= 0.6 is 0 Å². The van der Waals surface area contributed by atoms with Crippen LogP contribution in [0.25, 0.3) is 0 Å². The summed E-state index contributed by atoms with van der Waals surface area (Å²) in [5.74, 6) is -0.966. The number of aromatic carboxylic acids is 1. The maximum atomic E-state index is 10.9. The van der Waals surface area contributed by atoms with Crippen molar-refractivity contribution in [2.45, 2.75) is 33.1 Å². The summed E-state index contributed by atoms with van der Waals surface area (Å²) in [5.41, 5.74) is 1.48. The first-order valence-corrected chi connectivity index (χ1v) is 6.42. The van der Waals surface area contributed by atoms with E-state index in [0.717, 1.165) is 31.6 Å². The number of carboxylic acids is 1. The van der Waals surface area contributed by atoms with Crippen LogP contribution < -0.4 is 4.90 Å². The molecule has 0 saturated carbocycles. The van der Waals surface area contributed by atoms with Gasteiger partial charge in [0.25, 0.3) is 0 Å². The lowest BCUT2D eigenvalue weighted by molar-refractivity contribution is 0.0690. The normalized spacial score (nSPS) is 19.3. The predicted molar refractivity (Wildman–Crippen MR) is 71.0 cm³/mol. The van der Waals surface area contributed by atoms with Crippen LogP contribution in [-0.4, -0.2) is 29.1 Å². The summed E-state index contributed by atoms with van der Waals surface area (Å²) in [6.07, 6.45) is 5.09. The van der Waals surface area contributed by atoms with E-state index in [-0.39, 0.29) is 5.69 Å². The van der Waals surface area contributed by atoms with Crippen molar-refractivity contribution in [2.24, 2.45) is 5.41 Å². The van der Waals surface area contributed by atoms with Crippen molar-refractivity contribution in [2.75, 3.05) is 18.0 Å². The monoisotopic (exact) mass is 248 g/mol. The Labute approximate surface area is 108 Å². The van der Waals surface area contributed by atoms with Crippen LogP contribution in [0.3, 0.4) is 0 Å². The van der Waals surface area contributed by atoms with Crippen LogP contribution in [0.5, 0.6) is 0 Å². The lowest BCUT2D eigenvalue weighted by Gasteiger charge is -2.24. The van der Waals surface area contributed by atoms with E-state index in [1.165, 1.54) is 6.42 Å². The molecule has 0 radical (unpaired) electrons. The first-order valence-electron chi connectivity index (χ1n) is 6.42. The van der Waals surface area contributed by atoms with Gasteiger partial charge in [-0.25, -0.2) is 9.78 Å². The highest BCUT2D eigenvalue weighted by Crippen LogP contribution is 2.31. The number of hydrogen-bond donors (Lipinski definition) is 1. The third kappa shape index (κ3) is 3.00. The molecule has 0 atom stereocenters. The van der Waals surface area contributed by atoms with Crippen molar-refractivity contribution in [1.82, 2.24) is 4.98 Å². The molecule has 1 aliphatic rings. The second-order valence-electron chi connectivity index (χ2n) is 5.71. The largest absolute Gasteiger partial charge is 0.477 e. The summed E-state index contributed by atoms with van der Waals surface area (Å²) >= 11 is 0. The third-order valence-electron chi connectivity index (χ3n) is 3.67. The smallest absolute Gasteiger partial charge is 0.354 e. The molecule has 4 heteroatoms. The number of anilines is 1. The van der Waals surface area contributed by atoms with Gasteiger partial charge < -0.3 is 10.0 Å². The molecule has 1 aromatic heterocycles. The van der Waals surface area contributed by atoms with Crippen LogP contribution in [0.4, 0.5) is 5.69 Å². The number of pyridine rings is 1. The highest BCUT2D eigenvalue weighted by Gasteiger charge is 2.23. The summed E-state index contributed by atoms with van der Waals surface area (Å²) < 4.78 is 0. The van der Waals surface area contributed by atoms with Gasteiger partial charge in [0.15, 0.2) is 0 Å². The summed E-state index contributed by atoms with van der Waals surface area (Å²) in [7, 11) is 0. The Balaban J connectivity index is 2.16. The Morgan fingerprint density at radius 1 is 1.39 bits per heavy atom. The van der Waals surface area contributed by atoms with E-state index >= 15 is 0 Å². The fourth-order valence-electron chi connectivity index (χ4n) is 2.41. The number of hydrogen-bond acceptors (Lipinski definition) is 3. The average molecular weight is 248 g/mol. The van der Waals surface area contributed by atoms with Gasteiger partial charge in [-0.05, 0) is 36.8 Å². The predicted octanol–water partition coefficient (Wildman–Crippen LogP) is 2.80. The Bertz CT molecular complexity index is 443. The van der Waals surface area contributed by atoms with Crippen molar-refractivity contribution in [3.8, 4) is 0 Å².